The Labute approximate surface area is 130 Å². The molecule has 1 fully saturated rings. The van der Waals surface area contributed by atoms with E-state index in [0.29, 0.717) is 5.57 Å². The van der Waals surface area contributed by atoms with Crippen molar-refractivity contribution in [3.63, 3.8) is 0 Å². The number of carbonyl (C=O) groups is 2. The van der Waals surface area contributed by atoms with Crippen LogP contribution in [-0.2, 0) is 9.59 Å². The Morgan fingerprint density at radius 2 is 1.50 bits per heavy atom. The van der Waals surface area contributed by atoms with Crippen molar-refractivity contribution in [2.24, 2.45) is 22.7 Å². The summed E-state index contributed by atoms with van der Waals surface area (Å²) < 4.78 is 0. The minimum Gasteiger partial charge on any atom is -0.382 e. The second-order valence-corrected chi connectivity index (χ2v) is 8.11. The largest absolute Gasteiger partial charge is 0.382 e. The monoisotopic (exact) mass is 304 g/mol. The van der Waals surface area contributed by atoms with Crippen LogP contribution in [0.1, 0.15) is 41.5 Å². The highest BCUT2D eigenvalue weighted by atomic mass is 16.3. The van der Waals surface area contributed by atoms with Gasteiger partial charge in [0.2, 0.25) is 0 Å². The molecule has 4 heteroatoms. The lowest BCUT2D eigenvalue weighted by atomic mass is 9.37. The summed E-state index contributed by atoms with van der Waals surface area (Å²) in [7, 11) is 0. The Kier molecular flexibility index (Phi) is 2.70. The Morgan fingerprint density at radius 1 is 0.955 bits per heavy atom. The molecule has 22 heavy (non-hydrogen) atoms. The molecule has 2 N–H and O–H groups in total. The van der Waals surface area contributed by atoms with Crippen molar-refractivity contribution in [1.29, 1.82) is 0 Å². The van der Waals surface area contributed by atoms with Gasteiger partial charge in [0.05, 0.1) is 5.41 Å². The second-order valence-electron chi connectivity index (χ2n) is 8.11. The molecule has 0 spiro atoms. The summed E-state index contributed by atoms with van der Waals surface area (Å²) in [5, 5.41) is 21.9. The fourth-order valence-electron chi connectivity index (χ4n) is 5.58. The van der Waals surface area contributed by atoms with E-state index in [1.54, 1.807) is 6.92 Å². The normalized spacial score (nSPS) is 54.0. The average Bonchev–Trinajstić information content (AvgIpc) is 2.37. The summed E-state index contributed by atoms with van der Waals surface area (Å²) in [4.78, 5) is 25.5. The third kappa shape index (κ3) is 1.36. The summed E-state index contributed by atoms with van der Waals surface area (Å²) in [6.07, 6.45) is 3.76. The molecule has 5 unspecified atom stereocenters. The van der Waals surface area contributed by atoms with Gasteiger partial charge in [-0.2, -0.15) is 0 Å². The first-order valence-electron chi connectivity index (χ1n) is 7.75. The van der Waals surface area contributed by atoms with Gasteiger partial charge in [-0.1, -0.05) is 24.6 Å². The van der Waals surface area contributed by atoms with E-state index in [1.807, 2.05) is 32.9 Å². The van der Waals surface area contributed by atoms with E-state index in [4.69, 9.17) is 0 Å². The molecule has 4 aliphatic carbocycles. The minimum atomic E-state index is -1.60. The van der Waals surface area contributed by atoms with Crippen molar-refractivity contribution in [2.75, 3.05) is 0 Å². The predicted molar refractivity (Wildman–Crippen MR) is 82.0 cm³/mol. The lowest BCUT2D eigenvalue weighted by Crippen LogP contribution is -2.74. The van der Waals surface area contributed by atoms with Gasteiger partial charge in [0, 0.05) is 17.3 Å². The van der Waals surface area contributed by atoms with Crippen LogP contribution in [0.25, 0.3) is 0 Å². The molecule has 0 aliphatic heterocycles. The van der Waals surface area contributed by atoms with Gasteiger partial charge in [0.25, 0.3) is 0 Å². The molecule has 0 aromatic rings. The van der Waals surface area contributed by atoms with E-state index >= 15 is 0 Å². The summed E-state index contributed by atoms with van der Waals surface area (Å²) in [5.41, 5.74) is -3.45. The van der Waals surface area contributed by atoms with Crippen molar-refractivity contribution >= 4 is 11.6 Å². The number of ketones is 2. The van der Waals surface area contributed by atoms with Crippen molar-refractivity contribution in [1.82, 2.24) is 0 Å². The maximum atomic E-state index is 12.9. The summed E-state index contributed by atoms with van der Waals surface area (Å²) >= 11 is 0. The van der Waals surface area contributed by atoms with Crippen LogP contribution in [0.3, 0.4) is 0 Å². The quantitative estimate of drug-likeness (QED) is 0.669. The zero-order valence-corrected chi connectivity index (χ0v) is 14.0. The van der Waals surface area contributed by atoms with E-state index in [1.165, 1.54) is 13.8 Å². The second kappa shape index (κ2) is 3.80. The van der Waals surface area contributed by atoms with Crippen molar-refractivity contribution in [2.45, 2.75) is 52.7 Å². The lowest BCUT2D eigenvalue weighted by molar-refractivity contribution is -0.203. The Morgan fingerprint density at radius 3 is 2.05 bits per heavy atom. The fraction of sp³-hybridized carbons (Fsp3) is 0.667. The standard InChI is InChI=1S/C18H24O4/c1-9-7-16(4)14(20)17(5,21)11(9)12-15(16,3)8-10(2)13(19)18(12,6)22/h7-8,11-12,21-22H,1-6H3/t11?,12?,15?,16?,17?,18-/m0/s1. The molecule has 1 saturated carbocycles. The van der Waals surface area contributed by atoms with Crippen LogP contribution in [0.4, 0.5) is 0 Å². The van der Waals surface area contributed by atoms with Crippen LogP contribution in [0, 0.1) is 22.7 Å². The third-order valence-electron chi connectivity index (χ3n) is 6.58. The SMILES string of the molecule is CC1=CC2(C)C(C3C(C)=CC2(C)C(=O)C3(C)O)[C@](C)(O)C1=O. The summed E-state index contributed by atoms with van der Waals surface area (Å²) in [5.74, 6) is -1.64. The van der Waals surface area contributed by atoms with E-state index in [0.717, 1.165) is 5.57 Å². The Balaban J connectivity index is 2.41. The third-order valence-corrected chi connectivity index (χ3v) is 6.58. The average molecular weight is 304 g/mol. The smallest absolute Gasteiger partial charge is 0.189 e. The van der Waals surface area contributed by atoms with Gasteiger partial charge in [-0.15, -0.1) is 0 Å². The highest BCUT2D eigenvalue weighted by Gasteiger charge is 2.73. The molecule has 4 aliphatic rings. The topological polar surface area (TPSA) is 74.6 Å². The highest BCUT2D eigenvalue weighted by molar-refractivity contribution is 6.05. The molecule has 6 atom stereocenters. The molecule has 0 saturated heterocycles. The van der Waals surface area contributed by atoms with Gasteiger partial charge in [0.1, 0.15) is 11.2 Å². The van der Waals surface area contributed by atoms with Crippen LogP contribution in [0.15, 0.2) is 23.3 Å². The van der Waals surface area contributed by atoms with Gasteiger partial charge in [0.15, 0.2) is 11.6 Å². The lowest BCUT2D eigenvalue weighted by Gasteiger charge is -2.66. The summed E-state index contributed by atoms with van der Waals surface area (Å²) in [6, 6.07) is 0. The highest BCUT2D eigenvalue weighted by Crippen LogP contribution is 2.67. The number of allylic oxidation sites excluding steroid dienone is 2. The summed E-state index contributed by atoms with van der Waals surface area (Å²) in [6.45, 7) is 10.3. The van der Waals surface area contributed by atoms with E-state index in [-0.39, 0.29) is 11.6 Å². The molecule has 120 valence electrons. The molecular weight excluding hydrogens is 280 g/mol. The number of carbonyl (C=O) groups excluding carboxylic acids is 2. The number of Topliss-reactive ketones (excluding diaryl/α,β-unsaturated/α-hetero) is 2. The maximum Gasteiger partial charge on any atom is 0.189 e. The zero-order valence-electron chi connectivity index (χ0n) is 14.0. The molecule has 0 amide bonds. The van der Waals surface area contributed by atoms with E-state index < -0.39 is 33.9 Å². The number of rotatable bonds is 0. The van der Waals surface area contributed by atoms with Crippen molar-refractivity contribution < 1.29 is 19.8 Å². The number of hydrogen-bond donors (Lipinski definition) is 2. The molecule has 0 radical (unpaired) electrons. The predicted octanol–water partition coefficient (Wildman–Crippen LogP) is 1.80. The number of hydrogen-bond acceptors (Lipinski definition) is 4. The first-order chi connectivity index (χ1) is 9.82. The first kappa shape index (κ1) is 15.6. The maximum absolute atomic E-state index is 12.9. The number of fused-ring (bicyclic) bond motifs is 1. The first-order valence-corrected chi connectivity index (χ1v) is 7.75. The zero-order chi connectivity index (χ0) is 16.9. The van der Waals surface area contributed by atoms with Crippen LogP contribution < -0.4 is 0 Å². The molecular formula is C18H24O4. The minimum absolute atomic E-state index is 0.233. The van der Waals surface area contributed by atoms with Gasteiger partial charge < -0.3 is 10.2 Å². The molecule has 4 nitrogen and oxygen atoms in total. The molecule has 0 aromatic heterocycles. The van der Waals surface area contributed by atoms with Gasteiger partial charge in [-0.3, -0.25) is 9.59 Å². The molecule has 4 rings (SSSR count). The van der Waals surface area contributed by atoms with Gasteiger partial charge in [-0.05, 0) is 40.2 Å². The fourth-order valence-corrected chi connectivity index (χ4v) is 5.58. The molecule has 0 heterocycles. The molecule has 0 aromatic carbocycles. The Hall–Kier alpha value is -1.26. The van der Waals surface area contributed by atoms with Crippen molar-refractivity contribution in [3.05, 3.63) is 23.3 Å². The van der Waals surface area contributed by atoms with Crippen LogP contribution in [-0.4, -0.2) is 33.0 Å². The van der Waals surface area contributed by atoms with Crippen molar-refractivity contribution in [3.8, 4) is 0 Å². The Bertz CT molecular complexity index is 667. The van der Waals surface area contributed by atoms with Crippen LogP contribution in [0.2, 0.25) is 0 Å². The molecule has 2 bridgehead atoms. The van der Waals surface area contributed by atoms with Gasteiger partial charge in [-0.25, -0.2) is 0 Å². The van der Waals surface area contributed by atoms with Crippen LogP contribution >= 0.6 is 0 Å². The van der Waals surface area contributed by atoms with Crippen LogP contribution in [0.5, 0.6) is 0 Å². The van der Waals surface area contributed by atoms with E-state index in [2.05, 4.69) is 0 Å². The van der Waals surface area contributed by atoms with E-state index in [9.17, 15) is 19.8 Å². The number of aliphatic hydroxyl groups is 2. The van der Waals surface area contributed by atoms with Gasteiger partial charge >= 0.3 is 0 Å².